The second-order valence-corrected chi connectivity index (χ2v) is 25.0. The molecule has 436 valence electrons. The third-order valence-corrected chi connectivity index (χ3v) is 15.9. The molecule has 0 aliphatic heterocycles. The number of hydrogen-bond donors (Lipinski definition) is 1. The van der Waals surface area contributed by atoms with Gasteiger partial charge >= 0.3 is 19.8 Å². The van der Waals surface area contributed by atoms with Crippen LogP contribution >= 0.6 is 7.82 Å². The fourth-order valence-corrected chi connectivity index (χ4v) is 10.6. The van der Waals surface area contributed by atoms with Crippen LogP contribution in [0, 0.1) is 0 Å². The van der Waals surface area contributed by atoms with Gasteiger partial charge in [-0.15, -0.1) is 0 Å². The molecular weight excluding hydrogens is 930 g/mol. The lowest BCUT2D eigenvalue weighted by Crippen LogP contribution is -2.37. The summed E-state index contributed by atoms with van der Waals surface area (Å²) in [7, 11) is 1.50. The summed E-state index contributed by atoms with van der Waals surface area (Å²) in [6.45, 7) is 4.49. The zero-order chi connectivity index (χ0) is 53.5. The van der Waals surface area contributed by atoms with E-state index in [-0.39, 0.29) is 25.6 Å². The van der Waals surface area contributed by atoms with Crippen molar-refractivity contribution in [1.29, 1.82) is 0 Å². The molecule has 0 spiro atoms. The highest BCUT2D eigenvalue weighted by atomic mass is 31.2. The average Bonchev–Trinajstić information content (AvgIpc) is 3.35. The molecule has 1 N–H and O–H groups in total. The highest BCUT2D eigenvalue weighted by molar-refractivity contribution is 7.47. The van der Waals surface area contributed by atoms with Gasteiger partial charge in [-0.05, 0) is 12.8 Å². The highest BCUT2D eigenvalue weighted by Gasteiger charge is 2.27. The molecule has 0 heterocycles. The standard InChI is InChI=1S/C63H126NO8P/c1-6-8-10-12-14-16-18-20-21-22-23-24-25-26-27-28-29-30-31-32-33-34-35-36-37-38-39-40-41-42-43-44-46-48-50-52-54-56-63(66)72-61(60-71-73(67,68)70-58-57-64(3,4)5)59-69-62(65)55-53-51-49-47-45-19-17-15-13-11-9-7-2/h61H,6-60H2,1-5H3/p+1. The number of carbonyl (C=O) groups excluding carboxylic acids is 2. The van der Waals surface area contributed by atoms with E-state index in [0.29, 0.717) is 17.4 Å². The van der Waals surface area contributed by atoms with E-state index in [9.17, 15) is 19.0 Å². The Kier molecular flexibility index (Phi) is 55.0. The predicted molar refractivity (Wildman–Crippen MR) is 312 cm³/mol. The third kappa shape index (κ3) is 60.1. The molecule has 10 heteroatoms. The van der Waals surface area contributed by atoms with Crippen LogP contribution in [0.5, 0.6) is 0 Å². The number of unbranched alkanes of at least 4 members (excludes halogenated alkanes) is 47. The number of phosphoric ester groups is 1. The van der Waals surface area contributed by atoms with Crippen LogP contribution in [0.4, 0.5) is 0 Å². The van der Waals surface area contributed by atoms with Gasteiger partial charge in [0.15, 0.2) is 6.10 Å². The number of quaternary nitrogens is 1. The van der Waals surface area contributed by atoms with E-state index < -0.39 is 26.5 Å². The van der Waals surface area contributed by atoms with Crippen LogP contribution in [0.2, 0.25) is 0 Å². The minimum absolute atomic E-state index is 0.0372. The largest absolute Gasteiger partial charge is 0.472 e. The van der Waals surface area contributed by atoms with Gasteiger partial charge in [-0.1, -0.05) is 316 Å². The minimum Gasteiger partial charge on any atom is -0.462 e. The molecule has 0 saturated carbocycles. The lowest BCUT2D eigenvalue weighted by molar-refractivity contribution is -0.870. The van der Waals surface area contributed by atoms with E-state index in [1.165, 1.54) is 276 Å². The number of rotatable bonds is 61. The maximum absolute atomic E-state index is 12.8. The molecule has 0 aromatic carbocycles. The summed E-state index contributed by atoms with van der Waals surface area (Å²) >= 11 is 0. The number of phosphoric acid groups is 1. The summed E-state index contributed by atoms with van der Waals surface area (Å²) in [5.74, 6) is -0.776. The number of hydrogen-bond acceptors (Lipinski definition) is 7. The maximum Gasteiger partial charge on any atom is 0.472 e. The van der Waals surface area contributed by atoms with Crippen molar-refractivity contribution in [3.05, 3.63) is 0 Å². The molecule has 0 rings (SSSR count). The summed E-state index contributed by atoms with van der Waals surface area (Å²) in [6, 6.07) is 0. The second-order valence-electron chi connectivity index (χ2n) is 23.5. The molecule has 0 saturated heterocycles. The zero-order valence-electron chi connectivity index (χ0n) is 49.7. The molecule has 0 aromatic heterocycles. The Morgan fingerprint density at radius 1 is 0.370 bits per heavy atom. The third-order valence-electron chi connectivity index (χ3n) is 14.9. The molecule has 9 nitrogen and oxygen atoms in total. The van der Waals surface area contributed by atoms with Crippen molar-refractivity contribution >= 4 is 19.8 Å². The Hall–Kier alpha value is -0.990. The normalized spacial score (nSPS) is 13.1. The first-order chi connectivity index (χ1) is 35.5. The van der Waals surface area contributed by atoms with Crippen molar-refractivity contribution in [3.63, 3.8) is 0 Å². The van der Waals surface area contributed by atoms with Gasteiger partial charge < -0.3 is 18.9 Å². The van der Waals surface area contributed by atoms with Gasteiger partial charge in [-0.25, -0.2) is 4.57 Å². The monoisotopic (exact) mass is 1060 g/mol. The van der Waals surface area contributed by atoms with Crippen molar-refractivity contribution < 1.29 is 42.1 Å². The Morgan fingerprint density at radius 2 is 0.616 bits per heavy atom. The molecule has 2 unspecified atom stereocenters. The second kappa shape index (κ2) is 55.8. The maximum atomic E-state index is 12.8. The SMILES string of the molecule is CCCCCCCCCCCCCCCCCCCCCCCCCCCCCCCCCCCCCCCC(=O)OC(COC(=O)CCCCCCCCCCCCCC)COP(=O)(O)OCC[N+](C)(C)C. The smallest absolute Gasteiger partial charge is 0.462 e. The Labute approximate surface area is 454 Å². The first-order valence-electron chi connectivity index (χ1n) is 32.3. The van der Waals surface area contributed by atoms with Crippen molar-refractivity contribution in [2.24, 2.45) is 0 Å². The van der Waals surface area contributed by atoms with Gasteiger partial charge in [0.05, 0.1) is 27.7 Å². The average molecular weight is 1060 g/mol. The van der Waals surface area contributed by atoms with Crippen molar-refractivity contribution in [2.75, 3.05) is 47.5 Å². The summed E-state index contributed by atoms with van der Waals surface area (Å²) in [5, 5.41) is 0. The predicted octanol–water partition coefficient (Wildman–Crippen LogP) is 20.2. The number of carbonyl (C=O) groups is 2. The van der Waals surface area contributed by atoms with Gasteiger partial charge in [0.2, 0.25) is 0 Å². The lowest BCUT2D eigenvalue weighted by Gasteiger charge is -2.24. The number of nitrogens with zero attached hydrogens (tertiary/aromatic N) is 1. The summed E-state index contributed by atoms with van der Waals surface area (Å²) in [5.41, 5.74) is 0. The van der Waals surface area contributed by atoms with E-state index in [0.717, 1.165) is 38.5 Å². The Bertz CT molecular complexity index is 1200. The molecule has 0 aliphatic carbocycles. The summed E-state index contributed by atoms with van der Waals surface area (Å²) in [4.78, 5) is 35.6. The zero-order valence-corrected chi connectivity index (χ0v) is 50.6. The van der Waals surface area contributed by atoms with Gasteiger partial charge in [0.25, 0.3) is 0 Å². The van der Waals surface area contributed by atoms with Crippen LogP contribution < -0.4 is 0 Å². The summed E-state index contributed by atoms with van der Waals surface area (Å²) < 4.78 is 34.5. The minimum atomic E-state index is -4.37. The van der Waals surface area contributed by atoms with Crippen LogP contribution in [0.3, 0.4) is 0 Å². The van der Waals surface area contributed by atoms with E-state index in [2.05, 4.69) is 13.8 Å². The van der Waals surface area contributed by atoms with Crippen LogP contribution in [0.15, 0.2) is 0 Å². The van der Waals surface area contributed by atoms with Crippen LogP contribution in [-0.4, -0.2) is 74.9 Å². The molecule has 0 amide bonds. The first kappa shape index (κ1) is 72.0. The fourth-order valence-electron chi connectivity index (χ4n) is 9.90. The molecular formula is C63H127NO8P+. The first-order valence-corrected chi connectivity index (χ1v) is 33.8. The van der Waals surface area contributed by atoms with Crippen molar-refractivity contribution in [3.8, 4) is 0 Å². The molecule has 73 heavy (non-hydrogen) atoms. The molecule has 2 atom stereocenters. The topological polar surface area (TPSA) is 108 Å². The van der Waals surface area contributed by atoms with Gasteiger partial charge in [-0.2, -0.15) is 0 Å². The van der Waals surface area contributed by atoms with Crippen LogP contribution in [0.1, 0.15) is 341 Å². The van der Waals surface area contributed by atoms with E-state index in [1.54, 1.807) is 0 Å². The van der Waals surface area contributed by atoms with Crippen LogP contribution in [0.25, 0.3) is 0 Å². The van der Waals surface area contributed by atoms with E-state index >= 15 is 0 Å². The van der Waals surface area contributed by atoms with Gasteiger partial charge in [0, 0.05) is 12.8 Å². The Balaban J connectivity index is 3.83. The number of likely N-dealkylation sites (N-methyl/N-ethyl adjacent to an activating group) is 1. The molecule has 0 fully saturated rings. The van der Waals surface area contributed by atoms with Crippen molar-refractivity contribution in [2.45, 2.75) is 347 Å². The van der Waals surface area contributed by atoms with E-state index in [1.807, 2.05) is 21.1 Å². The molecule has 0 bridgehead atoms. The molecule has 0 aromatic rings. The molecule has 0 radical (unpaired) electrons. The fraction of sp³-hybridized carbons (Fsp3) is 0.968. The van der Waals surface area contributed by atoms with Gasteiger partial charge in [0.1, 0.15) is 19.8 Å². The molecule has 0 aliphatic rings. The number of esters is 2. The summed E-state index contributed by atoms with van der Waals surface area (Å²) in [6.07, 6.45) is 65.1. The van der Waals surface area contributed by atoms with Gasteiger partial charge in [-0.3, -0.25) is 18.6 Å². The highest BCUT2D eigenvalue weighted by Crippen LogP contribution is 2.43. The van der Waals surface area contributed by atoms with Crippen molar-refractivity contribution in [1.82, 2.24) is 0 Å². The Morgan fingerprint density at radius 3 is 0.877 bits per heavy atom. The van der Waals surface area contributed by atoms with E-state index in [4.69, 9.17) is 18.5 Å². The number of ether oxygens (including phenoxy) is 2. The van der Waals surface area contributed by atoms with Crippen LogP contribution in [-0.2, 0) is 32.7 Å². The quantitative estimate of drug-likeness (QED) is 0.0278. The lowest BCUT2D eigenvalue weighted by atomic mass is 10.0.